The molecule has 0 spiro atoms. The molecule has 0 saturated carbocycles. The first-order chi connectivity index (χ1) is 11.2. The largest absolute Gasteiger partial charge is 0.459 e. The van der Waals surface area contributed by atoms with Gasteiger partial charge >= 0.3 is 5.97 Å². The standard InChI is InChI=1S/C16H14F4O4/c1-7(2)23-16(22)10-11(17)13(19)15(14(20)12(10)18)24-9-5-3-4-8(21)6-9/h6-7H,3-5H2,1-2H3. The highest BCUT2D eigenvalue weighted by atomic mass is 19.2. The van der Waals surface area contributed by atoms with E-state index in [0.29, 0.717) is 6.42 Å². The van der Waals surface area contributed by atoms with Crippen molar-refractivity contribution >= 4 is 11.8 Å². The molecule has 1 aliphatic rings. The maximum atomic E-state index is 14.0. The second-order valence-corrected chi connectivity index (χ2v) is 5.45. The Morgan fingerprint density at radius 1 is 1.04 bits per heavy atom. The average Bonchev–Trinajstić information content (AvgIpc) is 2.49. The number of rotatable bonds is 4. The molecule has 2 rings (SSSR count). The summed E-state index contributed by atoms with van der Waals surface area (Å²) in [7, 11) is 0. The van der Waals surface area contributed by atoms with Crippen molar-refractivity contribution in [3.63, 3.8) is 0 Å². The maximum Gasteiger partial charge on any atom is 0.344 e. The van der Waals surface area contributed by atoms with Crippen LogP contribution >= 0.6 is 0 Å². The number of hydrogen-bond acceptors (Lipinski definition) is 4. The van der Waals surface area contributed by atoms with E-state index < -0.39 is 46.7 Å². The molecule has 0 aliphatic heterocycles. The molecule has 0 saturated heterocycles. The normalized spacial score (nSPS) is 14.6. The van der Waals surface area contributed by atoms with E-state index in [4.69, 9.17) is 4.74 Å². The molecule has 0 unspecified atom stereocenters. The van der Waals surface area contributed by atoms with Gasteiger partial charge in [-0.3, -0.25) is 4.79 Å². The highest BCUT2D eigenvalue weighted by molar-refractivity contribution is 5.91. The van der Waals surface area contributed by atoms with E-state index >= 15 is 0 Å². The van der Waals surface area contributed by atoms with Crippen molar-refractivity contribution in [2.45, 2.75) is 39.2 Å². The van der Waals surface area contributed by atoms with Crippen molar-refractivity contribution in [3.05, 3.63) is 40.7 Å². The topological polar surface area (TPSA) is 52.6 Å². The second kappa shape index (κ2) is 7.02. The Bertz CT molecular complexity index is 696. The first kappa shape index (κ1) is 18.0. The van der Waals surface area contributed by atoms with Crippen molar-refractivity contribution < 1.29 is 36.6 Å². The number of ether oxygens (including phenoxy) is 2. The molecule has 130 valence electrons. The van der Waals surface area contributed by atoms with Crippen molar-refractivity contribution in [1.82, 2.24) is 0 Å². The van der Waals surface area contributed by atoms with Gasteiger partial charge in [-0.15, -0.1) is 0 Å². The summed E-state index contributed by atoms with van der Waals surface area (Å²) in [5, 5.41) is 0. The fourth-order valence-electron chi connectivity index (χ4n) is 2.13. The lowest BCUT2D eigenvalue weighted by molar-refractivity contribution is -0.115. The van der Waals surface area contributed by atoms with Gasteiger partial charge in [-0.2, -0.15) is 8.78 Å². The second-order valence-electron chi connectivity index (χ2n) is 5.45. The lowest BCUT2D eigenvalue weighted by Gasteiger charge is -2.16. The van der Waals surface area contributed by atoms with Gasteiger partial charge in [-0.1, -0.05) is 0 Å². The van der Waals surface area contributed by atoms with Crippen LogP contribution in [0.2, 0.25) is 0 Å². The molecule has 0 heterocycles. The summed E-state index contributed by atoms with van der Waals surface area (Å²) >= 11 is 0. The molecule has 24 heavy (non-hydrogen) atoms. The number of hydrogen-bond donors (Lipinski definition) is 0. The summed E-state index contributed by atoms with van der Waals surface area (Å²) in [5.74, 6) is -10.9. The number of halogens is 4. The summed E-state index contributed by atoms with van der Waals surface area (Å²) in [6.45, 7) is 2.81. The molecule has 0 fully saturated rings. The molecule has 0 amide bonds. The SMILES string of the molecule is CC(C)OC(=O)c1c(F)c(F)c(OC2=CC(=O)CCC2)c(F)c1F. The van der Waals surface area contributed by atoms with E-state index in [9.17, 15) is 27.2 Å². The summed E-state index contributed by atoms with van der Waals surface area (Å²) in [6, 6.07) is 0. The van der Waals surface area contributed by atoms with Crippen LogP contribution in [0.15, 0.2) is 11.8 Å². The van der Waals surface area contributed by atoms with Crippen LogP contribution in [0.4, 0.5) is 17.6 Å². The van der Waals surface area contributed by atoms with Crippen LogP contribution < -0.4 is 4.74 Å². The zero-order chi connectivity index (χ0) is 18.0. The van der Waals surface area contributed by atoms with Crippen LogP contribution in [0.5, 0.6) is 5.75 Å². The van der Waals surface area contributed by atoms with Crippen molar-refractivity contribution in [2.24, 2.45) is 0 Å². The number of ketones is 1. The molecular weight excluding hydrogens is 332 g/mol. The molecule has 8 heteroatoms. The number of benzene rings is 1. The van der Waals surface area contributed by atoms with Gasteiger partial charge in [0.1, 0.15) is 11.3 Å². The van der Waals surface area contributed by atoms with Crippen LogP contribution in [0.25, 0.3) is 0 Å². The van der Waals surface area contributed by atoms with Gasteiger partial charge in [0.2, 0.25) is 17.4 Å². The predicted octanol–water partition coefficient (Wildman–Crippen LogP) is 3.82. The number of carbonyl (C=O) groups excluding carboxylic acids is 2. The van der Waals surface area contributed by atoms with Crippen LogP contribution in [0.3, 0.4) is 0 Å². The van der Waals surface area contributed by atoms with Gasteiger partial charge in [-0.05, 0) is 20.3 Å². The fraction of sp³-hybridized carbons (Fsp3) is 0.375. The Labute approximate surface area is 135 Å². The van der Waals surface area contributed by atoms with Gasteiger partial charge in [0.05, 0.1) is 6.10 Å². The Balaban J connectivity index is 2.45. The van der Waals surface area contributed by atoms with E-state index in [2.05, 4.69) is 4.74 Å². The molecule has 1 aliphatic carbocycles. The smallest absolute Gasteiger partial charge is 0.344 e. The molecule has 0 atom stereocenters. The molecule has 1 aromatic rings. The van der Waals surface area contributed by atoms with E-state index in [1.807, 2.05) is 0 Å². The van der Waals surface area contributed by atoms with Crippen LogP contribution in [-0.4, -0.2) is 17.9 Å². The number of esters is 1. The van der Waals surface area contributed by atoms with Gasteiger partial charge < -0.3 is 9.47 Å². The molecule has 4 nitrogen and oxygen atoms in total. The first-order valence-corrected chi connectivity index (χ1v) is 7.20. The molecule has 0 N–H and O–H groups in total. The zero-order valence-corrected chi connectivity index (χ0v) is 12.9. The maximum absolute atomic E-state index is 14.0. The highest BCUT2D eigenvalue weighted by Crippen LogP contribution is 2.33. The van der Waals surface area contributed by atoms with Crippen LogP contribution in [0.1, 0.15) is 43.5 Å². The zero-order valence-electron chi connectivity index (χ0n) is 12.9. The molecule has 1 aromatic carbocycles. The minimum absolute atomic E-state index is 0.111. The van der Waals surface area contributed by atoms with Crippen molar-refractivity contribution in [2.75, 3.05) is 0 Å². The monoisotopic (exact) mass is 346 g/mol. The first-order valence-electron chi connectivity index (χ1n) is 7.20. The number of allylic oxidation sites excluding steroid dienone is 2. The lowest BCUT2D eigenvalue weighted by atomic mass is 10.1. The van der Waals surface area contributed by atoms with Gasteiger partial charge in [-0.25, -0.2) is 13.6 Å². The third-order valence-corrected chi connectivity index (χ3v) is 3.17. The van der Waals surface area contributed by atoms with Crippen LogP contribution in [-0.2, 0) is 9.53 Å². The van der Waals surface area contributed by atoms with E-state index in [-0.39, 0.29) is 24.4 Å². The van der Waals surface area contributed by atoms with Crippen molar-refractivity contribution in [1.29, 1.82) is 0 Å². The molecular formula is C16H14F4O4. The van der Waals surface area contributed by atoms with Gasteiger partial charge in [0, 0.05) is 18.9 Å². The number of carbonyl (C=O) groups is 2. The lowest BCUT2D eigenvalue weighted by Crippen LogP contribution is -2.18. The third kappa shape index (κ3) is 3.58. The predicted molar refractivity (Wildman–Crippen MR) is 74.4 cm³/mol. The Kier molecular flexibility index (Phi) is 5.26. The third-order valence-electron chi connectivity index (χ3n) is 3.17. The van der Waals surface area contributed by atoms with Gasteiger partial charge in [0.25, 0.3) is 0 Å². The molecule has 0 radical (unpaired) electrons. The summed E-state index contributed by atoms with van der Waals surface area (Å²) in [6.07, 6.45) is 1.10. The molecule has 0 aromatic heterocycles. The summed E-state index contributed by atoms with van der Waals surface area (Å²) in [4.78, 5) is 22.9. The highest BCUT2D eigenvalue weighted by Gasteiger charge is 2.32. The van der Waals surface area contributed by atoms with E-state index in [0.717, 1.165) is 6.08 Å². The molecule has 0 bridgehead atoms. The van der Waals surface area contributed by atoms with Gasteiger partial charge in [0.15, 0.2) is 17.4 Å². The minimum atomic E-state index is -1.92. The Morgan fingerprint density at radius 3 is 2.12 bits per heavy atom. The van der Waals surface area contributed by atoms with E-state index in [1.54, 1.807) is 0 Å². The Morgan fingerprint density at radius 2 is 1.62 bits per heavy atom. The summed E-state index contributed by atoms with van der Waals surface area (Å²) < 4.78 is 65.4. The van der Waals surface area contributed by atoms with Crippen molar-refractivity contribution in [3.8, 4) is 5.75 Å². The fourth-order valence-corrected chi connectivity index (χ4v) is 2.13. The minimum Gasteiger partial charge on any atom is -0.459 e. The quantitative estimate of drug-likeness (QED) is 0.472. The van der Waals surface area contributed by atoms with Crippen LogP contribution in [0, 0.1) is 23.3 Å². The summed E-state index contributed by atoms with van der Waals surface area (Å²) in [5.41, 5.74) is -1.47. The Hall–Kier alpha value is -2.38. The average molecular weight is 346 g/mol. The van der Waals surface area contributed by atoms with E-state index in [1.165, 1.54) is 13.8 Å².